The summed E-state index contributed by atoms with van der Waals surface area (Å²) in [6, 6.07) is 23.7. The van der Waals surface area contributed by atoms with Gasteiger partial charge in [-0.05, 0) is 97.1 Å². The molecular weight excluding hydrogens is 693 g/mol. The topological polar surface area (TPSA) is 77.4 Å². The Morgan fingerprint density at radius 2 is 0.829 bits per heavy atom. The molecule has 15 heteroatoms. The molecular formula is C26H18BBr2F6O6. The number of aromatic hydroxyl groups is 1. The molecule has 0 saturated carbocycles. The molecule has 6 nitrogen and oxygen atoms in total. The second-order valence-corrected chi connectivity index (χ2v) is 9.13. The van der Waals surface area contributed by atoms with Crippen LogP contribution < -0.4 is 18.9 Å². The third-order valence-corrected chi connectivity index (χ3v) is 5.24. The minimum absolute atomic E-state index is 0.210. The Labute approximate surface area is 247 Å². The summed E-state index contributed by atoms with van der Waals surface area (Å²) in [5, 5.41) is 17.0. The van der Waals surface area contributed by atoms with E-state index in [2.05, 4.69) is 46.0 Å². The third-order valence-electron chi connectivity index (χ3n) is 4.18. The number of ether oxygens (including phenoxy) is 3. The first kappa shape index (κ1) is 33.7. The summed E-state index contributed by atoms with van der Waals surface area (Å²) in [4.78, 5) is 0. The van der Waals surface area contributed by atoms with Crippen molar-refractivity contribution in [2.45, 2.75) is 12.7 Å². The Kier molecular flexibility index (Phi) is 13.2. The molecule has 0 amide bonds. The Morgan fingerprint density at radius 3 is 1.17 bits per heavy atom. The maximum Gasteiger partial charge on any atom is 0.573 e. The van der Waals surface area contributed by atoms with E-state index in [4.69, 9.17) is 14.9 Å². The lowest BCUT2D eigenvalue weighted by molar-refractivity contribution is -0.275. The van der Waals surface area contributed by atoms with Crippen LogP contribution in [0.5, 0.6) is 34.5 Å². The molecule has 0 heterocycles. The van der Waals surface area contributed by atoms with Gasteiger partial charge < -0.3 is 29.0 Å². The van der Waals surface area contributed by atoms with Gasteiger partial charge in [-0.25, -0.2) is 0 Å². The summed E-state index contributed by atoms with van der Waals surface area (Å²) in [5.74, 6) is 0.901. The van der Waals surface area contributed by atoms with Crippen molar-refractivity contribution in [1.29, 1.82) is 0 Å². The van der Waals surface area contributed by atoms with Gasteiger partial charge in [0.15, 0.2) is 0 Å². The molecule has 0 unspecified atom stereocenters. The molecule has 0 aliphatic rings. The monoisotopic (exact) mass is 709 g/mol. The van der Waals surface area contributed by atoms with Crippen LogP contribution in [0.2, 0.25) is 0 Å². The highest BCUT2D eigenvalue weighted by atomic mass is 79.9. The van der Waals surface area contributed by atoms with Crippen molar-refractivity contribution in [3.05, 3.63) is 106 Å². The summed E-state index contributed by atoms with van der Waals surface area (Å²) in [5.41, 5.74) is 0. The van der Waals surface area contributed by atoms with Crippen molar-refractivity contribution in [2.75, 3.05) is 0 Å². The zero-order valence-corrected chi connectivity index (χ0v) is 23.5. The first-order valence-corrected chi connectivity index (χ1v) is 12.5. The van der Waals surface area contributed by atoms with Gasteiger partial charge in [0.1, 0.15) is 34.5 Å². The van der Waals surface area contributed by atoms with Crippen molar-refractivity contribution < 1.29 is 55.3 Å². The van der Waals surface area contributed by atoms with E-state index in [1.165, 1.54) is 36.4 Å². The zero-order chi connectivity index (χ0) is 30.5. The van der Waals surface area contributed by atoms with Gasteiger partial charge in [-0.15, -0.1) is 26.3 Å². The van der Waals surface area contributed by atoms with Gasteiger partial charge in [0, 0.05) is 8.95 Å². The molecule has 0 bridgehead atoms. The summed E-state index contributed by atoms with van der Waals surface area (Å²) in [7, 11) is 0.430. The van der Waals surface area contributed by atoms with Gasteiger partial charge in [-0.1, -0.05) is 31.9 Å². The number of phenolic OH excluding ortho intramolecular Hbond substituents is 1. The maximum atomic E-state index is 12.0. The summed E-state index contributed by atoms with van der Waals surface area (Å²) in [6.45, 7) is 0. The molecule has 217 valence electrons. The predicted octanol–water partition coefficient (Wildman–Crippen LogP) is 8.79. The number of benzene rings is 4. The second-order valence-electron chi connectivity index (χ2n) is 7.29. The van der Waals surface area contributed by atoms with Crippen molar-refractivity contribution in [3.63, 3.8) is 0 Å². The largest absolute Gasteiger partial charge is 0.573 e. The van der Waals surface area contributed by atoms with E-state index >= 15 is 0 Å². The smallest absolute Gasteiger partial charge is 0.537 e. The first-order chi connectivity index (χ1) is 19.2. The summed E-state index contributed by atoms with van der Waals surface area (Å²) < 4.78 is 90.2. The maximum absolute atomic E-state index is 12.0. The number of halogens is 8. The molecule has 4 rings (SSSR count). The average Bonchev–Trinajstić information content (AvgIpc) is 2.89. The minimum atomic E-state index is -4.70. The van der Waals surface area contributed by atoms with Gasteiger partial charge in [-0.2, -0.15) is 0 Å². The highest BCUT2D eigenvalue weighted by Gasteiger charge is 2.31. The SMILES string of the molecule is FC(F)(F)Oc1ccc(Oc2ccc(Br)cc2)cc1.O[B]Oc1ccc(OC(F)(F)F)cc1.Oc1ccc(Br)cc1. The molecule has 0 fully saturated rings. The molecule has 0 aliphatic heterocycles. The van der Waals surface area contributed by atoms with E-state index < -0.39 is 12.7 Å². The van der Waals surface area contributed by atoms with E-state index in [0.717, 1.165) is 21.1 Å². The molecule has 0 aromatic heterocycles. The number of alkyl halides is 6. The van der Waals surface area contributed by atoms with Gasteiger partial charge in [-0.3, -0.25) is 0 Å². The van der Waals surface area contributed by atoms with Crippen LogP contribution in [-0.2, 0) is 0 Å². The number of phenols is 1. The van der Waals surface area contributed by atoms with Crippen molar-refractivity contribution in [3.8, 4) is 34.5 Å². The molecule has 4 aromatic rings. The van der Waals surface area contributed by atoms with Crippen LogP contribution in [0, 0.1) is 0 Å². The second kappa shape index (κ2) is 16.0. The zero-order valence-electron chi connectivity index (χ0n) is 20.4. The van der Waals surface area contributed by atoms with Gasteiger partial charge in [0.05, 0.1) is 0 Å². The Morgan fingerprint density at radius 1 is 0.512 bits per heavy atom. The quantitative estimate of drug-likeness (QED) is 0.154. The lowest BCUT2D eigenvalue weighted by Crippen LogP contribution is -2.17. The van der Waals surface area contributed by atoms with E-state index in [-0.39, 0.29) is 17.2 Å². The fourth-order valence-corrected chi connectivity index (χ4v) is 3.10. The normalized spacial score (nSPS) is 10.7. The molecule has 0 spiro atoms. The van der Waals surface area contributed by atoms with E-state index in [1.807, 2.05) is 0 Å². The van der Waals surface area contributed by atoms with E-state index in [0.29, 0.717) is 24.9 Å². The Hall–Kier alpha value is -3.56. The molecule has 4 aromatic carbocycles. The fraction of sp³-hybridized carbons (Fsp3) is 0.0769. The lowest BCUT2D eigenvalue weighted by atomic mass is 10.3. The Balaban J connectivity index is 0.000000234. The van der Waals surface area contributed by atoms with Crippen LogP contribution in [-0.4, -0.2) is 30.5 Å². The average molecular weight is 711 g/mol. The molecule has 1 radical (unpaired) electrons. The third kappa shape index (κ3) is 15.1. The lowest BCUT2D eigenvalue weighted by Gasteiger charge is -2.10. The molecule has 0 aliphatic carbocycles. The van der Waals surface area contributed by atoms with Crippen LogP contribution in [0.3, 0.4) is 0 Å². The van der Waals surface area contributed by atoms with Crippen LogP contribution in [0.15, 0.2) is 106 Å². The van der Waals surface area contributed by atoms with Gasteiger partial charge >= 0.3 is 20.4 Å². The van der Waals surface area contributed by atoms with E-state index in [1.54, 1.807) is 48.5 Å². The summed E-state index contributed by atoms with van der Waals surface area (Å²) in [6.07, 6.45) is -9.39. The van der Waals surface area contributed by atoms with E-state index in [9.17, 15) is 26.3 Å². The van der Waals surface area contributed by atoms with Crippen LogP contribution >= 0.6 is 31.9 Å². The van der Waals surface area contributed by atoms with Gasteiger partial charge in [0.25, 0.3) is 0 Å². The molecule has 41 heavy (non-hydrogen) atoms. The fourth-order valence-electron chi connectivity index (χ4n) is 2.57. The van der Waals surface area contributed by atoms with Crippen LogP contribution in [0.25, 0.3) is 0 Å². The Bertz CT molecular complexity index is 1280. The first-order valence-electron chi connectivity index (χ1n) is 10.9. The van der Waals surface area contributed by atoms with Crippen molar-refractivity contribution >= 4 is 39.5 Å². The highest BCUT2D eigenvalue weighted by molar-refractivity contribution is 9.10. The predicted molar refractivity (Wildman–Crippen MR) is 145 cm³/mol. The molecule has 0 atom stereocenters. The number of rotatable bonds is 6. The number of hydrogen-bond acceptors (Lipinski definition) is 6. The van der Waals surface area contributed by atoms with Gasteiger partial charge in [0.2, 0.25) is 0 Å². The standard InChI is InChI=1S/C13H8BrF3O2.C7H5BF3O3.C6H5BrO/c14-9-1-3-10(4-2-9)18-11-5-7-12(8-6-11)19-13(15,16)17;9-7(10,11)13-5-1-3-6(4-2-5)14-8-12;7-5-1-3-6(8)4-2-5/h1-8H;1-4,12H;1-4,8H. The minimum Gasteiger partial charge on any atom is -0.537 e. The van der Waals surface area contributed by atoms with Crippen LogP contribution in [0.4, 0.5) is 26.3 Å². The molecule has 2 N–H and O–H groups in total. The van der Waals surface area contributed by atoms with Crippen molar-refractivity contribution in [1.82, 2.24) is 0 Å². The van der Waals surface area contributed by atoms with Crippen molar-refractivity contribution in [2.24, 2.45) is 0 Å². The summed E-state index contributed by atoms with van der Waals surface area (Å²) >= 11 is 6.52. The number of hydrogen-bond donors (Lipinski definition) is 2. The van der Waals surface area contributed by atoms with Crippen LogP contribution in [0.1, 0.15) is 0 Å². The molecule has 0 saturated heterocycles. The highest BCUT2D eigenvalue weighted by Crippen LogP contribution is 2.28.